The van der Waals surface area contributed by atoms with Crippen LogP contribution in [-0.4, -0.2) is 20.4 Å². The molecule has 1 atom stereocenters. The van der Waals surface area contributed by atoms with Gasteiger partial charge < -0.3 is 9.55 Å². The minimum Gasteiger partial charge on any atom is -0.344 e. The summed E-state index contributed by atoms with van der Waals surface area (Å²) < 4.78 is 3.07. The zero-order valence-electron chi connectivity index (χ0n) is 15.2. The predicted molar refractivity (Wildman–Crippen MR) is 109 cm³/mol. The number of H-pyrrole nitrogens is 1. The summed E-state index contributed by atoms with van der Waals surface area (Å²) >= 11 is 0. The van der Waals surface area contributed by atoms with Crippen LogP contribution in [-0.2, 0) is 0 Å². The van der Waals surface area contributed by atoms with E-state index >= 15 is 0 Å². The molecule has 1 N–H and O–H groups in total. The van der Waals surface area contributed by atoms with E-state index in [1.54, 1.807) is 30.5 Å². The van der Waals surface area contributed by atoms with Crippen molar-refractivity contribution >= 4 is 28.0 Å². The normalized spacial score (nSPS) is 13.0. The van der Waals surface area contributed by atoms with E-state index in [0.717, 1.165) is 27.6 Å². The summed E-state index contributed by atoms with van der Waals surface area (Å²) in [6, 6.07) is 15.3. The van der Waals surface area contributed by atoms with E-state index < -0.39 is 11.2 Å². The average Bonchev–Trinajstić information content (AvgIpc) is 3.06. The second kappa shape index (κ2) is 6.72. The topological polar surface area (TPSA) is 72.2 Å². The van der Waals surface area contributed by atoms with Crippen molar-refractivity contribution in [1.82, 2.24) is 14.2 Å². The molecule has 2 heterocycles. The van der Waals surface area contributed by atoms with Crippen molar-refractivity contribution < 1.29 is 0 Å². The molecule has 2 aromatic carbocycles. The number of rotatable bonds is 4. The Morgan fingerprint density at radius 1 is 1.07 bits per heavy atom. The minimum atomic E-state index is -0.555. The van der Waals surface area contributed by atoms with Gasteiger partial charge in [0, 0.05) is 28.7 Å². The Morgan fingerprint density at radius 2 is 1.78 bits per heavy atom. The summed E-state index contributed by atoms with van der Waals surface area (Å²) in [6.07, 6.45) is 4.59. The van der Waals surface area contributed by atoms with Gasteiger partial charge in [-0.3, -0.25) is 4.79 Å². The quantitative estimate of drug-likeness (QED) is 0.566. The SMILES string of the molecule is CC[C@H](C)n1cc(C=Nn2c(=O)[nH]c3ccccc3c2=O)c2ccccc21. The van der Waals surface area contributed by atoms with E-state index in [0.29, 0.717) is 16.9 Å². The molecule has 0 saturated carbocycles. The van der Waals surface area contributed by atoms with Crippen molar-refractivity contribution in [2.24, 2.45) is 5.10 Å². The third kappa shape index (κ3) is 2.89. The highest BCUT2D eigenvalue weighted by atomic mass is 16.2. The summed E-state index contributed by atoms with van der Waals surface area (Å²) in [4.78, 5) is 27.6. The summed E-state index contributed by atoms with van der Waals surface area (Å²) in [5.74, 6) is 0. The van der Waals surface area contributed by atoms with Gasteiger partial charge in [-0.05, 0) is 31.5 Å². The molecule has 4 rings (SSSR count). The lowest BCUT2D eigenvalue weighted by Gasteiger charge is -2.12. The number of nitrogens with zero attached hydrogens (tertiary/aromatic N) is 3. The van der Waals surface area contributed by atoms with E-state index in [4.69, 9.17) is 0 Å². The van der Waals surface area contributed by atoms with Crippen molar-refractivity contribution in [1.29, 1.82) is 0 Å². The monoisotopic (exact) mass is 360 g/mol. The van der Waals surface area contributed by atoms with Crippen LogP contribution in [0.3, 0.4) is 0 Å². The highest BCUT2D eigenvalue weighted by Gasteiger charge is 2.11. The van der Waals surface area contributed by atoms with Gasteiger partial charge >= 0.3 is 5.69 Å². The van der Waals surface area contributed by atoms with Crippen molar-refractivity contribution in [2.75, 3.05) is 0 Å². The number of aromatic amines is 1. The first kappa shape index (κ1) is 17.0. The maximum Gasteiger partial charge on any atom is 0.349 e. The van der Waals surface area contributed by atoms with Crippen molar-refractivity contribution in [3.8, 4) is 0 Å². The van der Waals surface area contributed by atoms with Gasteiger partial charge in [-0.2, -0.15) is 5.10 Å². The zero-order chi connectivity index (χ0) is 19.0. The van der Waals surface area contributed by atoms with Crippen molar-refractivity contribution in [3.05, 3.63) is 81.1 Å². The molecule has 0 fully saturated rings. The molecule has 0 saturated heterocycles. The number of aromatic nitrogens is 3. The number of nitrogens with one attached hydrogen (secondary N) is 1. The Hall–Kier alpha value is -3.41. The van der Waals surface area contributed by atoms with Gasteiger partial charge in [-0.25, -0.2) is 4.79 Å². The minimum absolute atomic E-state index is 0.337. The van der Waals surface area contributed by atoms with E-state index in [-0.39, 0.29) is 0 Å². The molecular formula is C21H20N4O2. The molecule has 6 nitrogen and oxygen atoms in total. The lowest BCUT2D eigenvalue weighted by atomic mass is 10.2. The summed E-state index contributed by atoms with van der Waals surface area (Å²) in [7, 11) is 0. The summed E-state index contributed by atoms with van der Waals surface area (Å²) in [5, 5.41) is 5.66. The molecule has 2 aromatic heterocycles. The molecule has 4 aromatic rings. The van der Waals surface area contributed by atoms with Crippen LogP contribution in [0, 0.1) is 0 Å². The smallest absolute Gasteiger partial charge is 0.344 e. The van der Waals surface area contributed by atoms with Crippen LogP contribution in [0.1, 0.15) is 31.9 Å². The number of fused-ring (bicyclic) bond motifs is 2. The first-order chi connectivity index (χ1) is 13.1. The van der Waals surface area contributed by atoms with Crippen molar-refractivity contribution in [3.63, 3.8) is 0 Å². The van der Waals surface area contributed by atoms with Gasteiger partial charge in [0.15, 0.2) is 0 Å². The maximum atomic E-state index is 12.6. The fraction of sp³-hybridized carbons (Fsp3) is 0.190. The first-order valence-electron chi connectivity index (χ1n) is 8.98. The van der Waals surface area contributed by atoms with E-state index in [9.17, 15) is 9.59 Å². The lowest BCUT2D eigenvalue weighted by molar-refractivity contribution is 0.548. The molecule has 0 radical (unpaired) electrons. The molecule has 0 bridgehead atoms. The van der Waals surface area contributed by atoms with Crippen LogP contribution in [0.15, 0.2) is 69.4 Å². The lowest BCUT2D eigenvalue weighted by Crippen LogP contribution is -2.32. The van der Waals surface area contributed by atoms with Gasteiger partial charge in [0.25, 0.3) is 5.56 Å². The van der Waals surface area contributed by atoms with Gasteiger partial charge in [0.1, 0.15) is 0 Å². The Bertz CT molecular complexity index is 1280. The molecule has 0 aliphatic carbocycles. The molecular weight excluding hydrogens is 340 g/mol. The molecule has 0 unspecified atom stereocenters. The standard InChI is InChI=1S/C21H20N4O2/c1-3-14(2)24-13-15(16-8-5-7-11-19(16)24)12-22-25-20(26)17-9-4-6-10-18(17)23-21(25)27/h4-14H,3H2,1-2H3,(H,23,27)/t14-/m0/s1. The Balaban J connectivity index is 1.86. The van der Waals surface area contributed by atoms with E-state index in [1.807, 2.05) is 24.4 Å². The highest BCUT2D eigenvalue weighted by Crippen LogP contribution is 2.24. The second-order valence-electron chi connectivity index (χ2n) is 6.60. The molecule has 136 valence electrons. The second-order valence-corrected chi connectivity index (χ2v) is 6.60. The summed E-state index contributed by atoms with van der Waals surface area (Å²) in [5.41, 5.74) is 1.49. The van der Waals surface area contributed by atoms with Crippen molar-refractivity contribution in [2.45, 2.75) is 26.3 Å². The number of para-hydroxylation sites is 2. The van der Waals surface area contributed by atoms with Crippen LogP contribution in [0.2, 0.25) is 0 Å². The maximum absolute atomic E-state index is 12.6. The number of hydrogen-bond donors (Lipinski definition) is 1. The largest absolute Gasteiger partial charge is 0.349 e. The third-order valence-corrected chi connectivity index (χ3v) is 4.93. The Labute approximate surface area is 155 Å². The van der Waals surface area contributed by atoms with Crippen LogP contribution in [0.4, 0.5) is 0 Å². The Kier molecular flexibility index (Phi) is 4.24. The highest BCUT2D eigenvalue weighted by molar-refractivity contribution is 5.99. The van der Waals surface area contributed by atoms with Gasteiger partial charge in [0.2, 0.25) is 0 Å². The van der Waals surface area contributed by atoms with E-state index in [2.05, 4.69) is 34.6 Å². The first-order valence-corrected chi connectivity index (χ1v) is 8.98. The van der Waals surface area contributed by atoms with Gasteiger partial charge in [-0.1, -0.05) is 37.3 Å². The third-order valence-electron chi connectivity index (χ3n) is 4.93. The molecule has 0 spiro atoms. The predicted octanol–water partition coefficient (Wildman–Crippen LogP) is 3.50. The molecule has 0 aliphatic rings. The zero-order valence-corrected chi connectivity index (χ0v) is 15.2. The fourth-order valence-corrected chi connectivity index (χ4v) is 3.27. The van der Waals surface area contributed by atoms with Crippen LogP contribution in [0.25, 0.3) is 21.8 Å². The van der Waals surface area contributed by atoms with Crippen LogP contribution in [0.5, 0.6) is 0 Å². The molecule has 0 aliphatic heterocycles. The van der Waals surface area contributed by atoms with Gasteiger partial charge in [0.05, 0.1) is 17.1 Å². The Morgan fingerprint density at radius 3 is 2.56 bits per heavy atom. The van der Waals surface area contributed by atoms with Gasteiger partial charge in [-0.15, -0.1) is 4.68 Å². The molecule has 27 heavy (non-hydrogen) atoms. The fourth-order valence-electron chi connectivity index (χ4n) is 3.27. The number of benzene rings is 2. The van der Waals surface area contributed by atoms with Crippen LogP contribution >= 0.6 is 0 Å². The molecule has 0 amide bonds. The average molecular weight is 360 g/mol. The summed E-state index contributed by atoms with van der Waals surface area (Å²) in [6.45, 7) is 4.30. The molecule has 6 heteroatoms. The number of hydrogen-bond acceptors (Lipinski definition) is 3. The van der Waals surface area contributed by atoms with E-state index in [1.165, 1.54) is 0 Å². The van der Waals surface area contributed by atoms with Crippen LogP contribution < -0.4 is 11.2 Å².